The van der Waals surface area contributed by atoms with Crippen LogP contribution >= 0.6 is 0 Å². The summed E-state index contributed by atoms with van der Waals surface area (Å²) in [6.45, 7) is 0.939. The maximum Gasteiger partial charge on any atom is 0.324 e. The number of carboxylic acid groups (broad SMARTS) is 1. The standard InChI is InChI=1S/C13H19N3O5/c17-10(4-1-5-11(18)19)15-13(21)16-6-2-3-8-9(16)7-14-12(8)20/h8-9H,1-7H2,(H,14,20)(H,18,19)(H,15,17,21). The van der Waals surface area contributed by atoms with E-state index in [1.165, 1.54) is 4.90 Å². The van der Waals surface area contributed by atoms with Gasteiger partial charge in [-0.25, -0.2) is 4.79 Å². The van der Waals surface area contributed by atoms with Crippen molar-refractivity contribution in [1.29, 1.82) is 0 Å². The Morgan fingerprint density at radius 2 is 2.10 bits per heavy atom. The average Bonchev–Trinajstić information content (AvgIpc) is 2.80. The normalized spacial score (nSPS) is 24.2. The van der Waals surface area contributed by atoms with Crippen molar-refractivity contribution >= 4 is 23.8 Å². The van der Waals surface area contributed by atoms with E-state index in [2.05, 4.69) is 10.6 Å². The lowest BCUT2D eigenvalue weighted by atomic mass is 9.92. The third kappa shape index (κ3) is 3.71. The number of rotatable bonds is 4. The summed E-state index contributed by atoms with van der Waals surface area (Å²) in [5.74, 6) is -1.68. The second-order valence-corrected chi connectivity index (χ2v) is 5.36. The van der Waals surface area contributed by atoms with Crippen LogP contribution < -0.4 is 10.6 Å². The van der Waals surface area contributed by atoms with Crippen LogP contribution in [0, 0.1) is 5.92 Å². The number of likely N-dealkylation sites (tertiary alicyclic amines) is 1. The smallest absolute Gasteiger partial charge is 0.324 e. The van der Waals surface area contributed by atoms with Crippen LogP contribution in [0.25, 0.3) is 0 Å². The van der Waals surface area contributed by atoms with Gasteiger partial charge in [0.15, 0.2) is 0 Å². The van der Waals surface area contributed by atoms with Gasteiger partial charge in [0.05, 0.1) is 12.0 Å². The molecule has 2 rings (SSSR count). The average molecular weight is 297 g/mol. The van der Waals surface area contributed by atoms with Gasteiger partial charge in [0, 0.05) is 25.9 Å². The predicted octanol–water partition coefficient (Wildman–Crippen LogP) is -0.312. The quantitative estimate of drug-likeness (QED) is 0.658. The van der Waals surface area contributed by atoms with E-state index in [1.54, 1.807) is 0 Å². The van der Waals surface area contributed by atoms with Crippen LogP contribution in [-0.2, 0) is 14.4 Å². The lowest BCUT2D eigenvalue weighted by molar-refractivity contribution is -0.137. The zero-order valence-electron chi connectivity index (χ0n) is 11.6. The first-order valence-corrected chi connectivity index (χ1v) is 7.09. The molecule has 8 heteroatoms. The first-order chi connectivity index (χ1) is 9.99. The van der Waals surface area contributed by atoms with Crippen LogP contribution in [0.3, 0.4) is 0 Å². The number of amides is 4. The van der Waals surface area contributed by atoms with E-state index >= 15 is 0 Å². The monoisotopic (exact) mass is 297 g/mol. The molecule has 116 valence electrons. The summed E-state index contributed by atoms with van der Waals surface area (Å²) in [5.41, 5.74) is 0. The van der Waals surface area contributed by atoms with E-state index in [9.17, 15) is 19.2 Å². The molecule has 0 saturated carbocycles. The van der Waals surface area contributed by atoms with E-state index in [0.29, 0.717) is 13.1 Å². The van der Waals surface area contributed by atoms with Crippen molar-refractivity contribution in [3.05, 3.63) is 0 Å². The highest BCUT2D eigenvalue weighted by Crippen LogP contribution is 2.27. The molecule has 0 radical (unpaired) electrons. The molecular formula is C13H19N3O5. The lowest BCUT2D eigenvalue weighted by Crippen LogP contribution is -2.53. The van der Waals surface area contributed by atoms with Crippen molar-refractivity contribution in [2.45, 2.75) is 38.1 Å². The Hall–Kier alpha value is -2.12. The molecule has 0 aromatic rings. The fourth-order valence-corrected chi connectivity index (χ4v) is 2.86. The third-order valence-corrected chi connectivity index (χ3v) is 3.90. The van der Waals surface area contributed by atoms with Crippen LogP contribution in [0.15, 0.2) is 0 Å². The van der Waals surface area contributed by atoms with Crippen LogP contribution in [0.2, 0.25) is 0 Å². The number of hydrogen-bond donors (Lipinski definition) is 3. The highest BCUT2D eigenvalue weighted by Gasteiger charge is 2.42. The molecule has 2 atom stereocenters. The highest BCUT2D eigenvalue weighted by molar-refractivity contribution is 5.95. The van der Waals surface area contributed by atoms with Gasteiger partial charge >= 0.3 is 12.0 Å². The fourth-order valence-electron chi connectivity index (χ4n) is 2.86. The van der Waals surface area contributed by atoms with Crippen LogP contribution in [0.4, 0.5) is 4.79 Å². The molecule has 2 aliphatic heterocycles. The molecule has 8 nitrogen and oxygen atoms in total. The first-order valence-electron chi connectivity index (χ1n) is 7.09. The van der Waals surface area contributed by atoms with Crippen molar-refractivity contribution in [2.75, 3.05) is 13.1 Å². The molecule has 2 heterocycles. The number of fused-ring (bicyclic) bond motifs is 1. The molecule has 0 aliphatic carbocycles. The minimum atomic E-state index is -0.969. The van der Waals surface area contributed by atoms with E-state index in [0.717, 1.165) is 12.8 Å². The summed E-state index contributed by atoms with van der Waals surface area (Å²) >= 11 is 0. The molecule has 0 bridgehead atoms. The van der Waals surface area contributed by atoms with E-state index < -0.39 is 17.9 Å². The molecule has 0 spiro atoms. The molecule has 4 amide bonds. The number of carbonyl (C=O) groups is 4. The van der Waals surface area contributed by atoms with Gasteiger partial charge in [-0.15, -0.1) is 0 Å². The molecule has 0 aromatic carbocycles. The Balaban J connectivity index is 1.83. The van der Waals surface area contributed by atoms with Gasteiger partial charge in [-0.2, -0.15) is 0 Å². The molecule has 2 aliphatic rings. The van der Waals surface area contributed by atoms with Gasteiger partial charge < -0.3 is 15.3 Å². The zero-order chi connectivity index (χ0) is 15.4. The molecular weight excluding hydrogens is 278 g/mol. The lowest BCUT2D eigenvalue weighted by Gasteiger charge is -2.35. The van der Waals surface area contributed by atoms with Crippen molar-refractivity contribution in [1.82, 2.24) is 15.5 Å². The number of hydrogen-bond acceptors (Lipinski definition) is 4. The minimum Gasteiger partial charge on any atom is -0.481 e. The maximum absolute atomic E-state index is 12.1. The highest BCUT2D eigenvalue weighted by atomic mass is 16.4. The number of piperidine rings is 1. The first kappa shape index (κ1) is 15.3. The Morgan fingerprint density at radius 3 is 2.81 bits per heavy atom. The van der Waals surface area contributed by atoms with Crippen LogP contribution in [0.5, 0.6) is 0 Å². The molecule has 0 aromatic heterocycles. The second kappa shape index (κ2) is 6.55. The summed E-state index contributed by atoms with van der Waals surface area (Å²) in [6, 6.07) is -0.695. The van der Waals surface area contributed by atoms with E-state index in [-0.39, 0.29) is 37.1 Å². The number of urea groups is 1. The van der Waals surface area contributed by atoms with Crippen molar-refractivity contribution in [3.8, 4) is 0 Å². The Bertz CT molecular complexity index is 465. The van der Waals surface area contributed by atoms with Crippen molar-refractivity contribution in [2.24, 2.45) is 5.92 Å². The summed E-state index contributed by atoms with van der Waals surface area (Å²) in [6.07, 6.45) is 1.58. The second-order valence-electron chi connectivity index (χ2n) is 5.36. The molecule has 3 N–H and O–H groups in total. The number of carbonyl (C=O) groups excluding carboxylic acids is 3. The molecule has 2 unspecified atom stereocenters. The van der Waals surface area contributed by atoms with Crippen LogP contribution in [0.1, 0.15) is 32.1 Å². The summed E-state index contributed by atoms with van der Waals surface area (Å²) in [7, 11) is 0. The van der Waals surface area contributed by atoms with Crippen molar-refractivity contribution < 1.29 is 24.3 Å². The van der Waals surface area contributed by atoms with Gasteiger partial charge in [0.1, 0.15) is 0 Å². The topological polar surface area (TPSA) is 116 Å². The Kier molecular flexibility index (Phi) is 4.77. The number of imide groups is 1. The van der Waals surface area contributed by atoms with E-state index in [4.69, 9.17) is 5.11 Å². The number of nitrogens with one attached hydrogen (secondary N) is 2. The van der Waals surface area contributed by atoms with Gasteiger partial charge in [-0.05, 0) is 19.3 Å². The fraction of sp³-hybridized carbons (Fsp3) is 0.692. The molecule has 2 fully saturated rings. The predicted molar refractivity (Wildman–Crippen MR) is 71.3 cm³/mol. The SMILES string of the molecule is O=C(O)CCCC(=O)NC(=O)N1CCCC2C(=O)NCC21. The Morgan fingerprint density at radius 1 is 1.33 bits per heavy atom. The summed E-state index contributed by atoms with van der Waals surface area (Å²) < 4.78 is 0. The number of aliphatic carboxylic acids is 1. The maximum atomic E-state index is 12.1. The summed E-state index contributed by atoms with van der Waals surface area (Å²) in [5, 5.41) is 13.5. The van der Waals surface area contributed by atoms with Gasteiger partial charge in [-0.3, -0.25) is 19.7 Å². The Labute approximate surface area is 121 Å². The van der Waals surface area contributed by atoms with Gasteiger partial charge in [0.2, 0.25) is 11.8 Å². The minimum absolute atomic E-state index is 0.00282. The van der Waals surface area contributed by atoms with E-state index in [1.807, 2.05) is 0 Å². The molecule has 21 heavy (non-hydrogen) atoms. The summed E-state index contributed by atoms with van der Waals surface area (Å²) in [4.78, 5) is 47.2. The van der Waals surface area contributed by atoms with Crippen LogP contribution in [-0.4, -0.2) is 53.0 Å². The number of carboxylic acids is 1. The number of nitrogens with zero attached hydrogens (tertiary/aromatic N) is 1. The van der Waals surface area contributed by atoms with Crippen molar-refractivity contribution in [3.63, 3.8) is 0 Å². The third-order valence-electron chi connectivity index (χ3n) is 3.90. The zero-order valence-corrected chi connectivity index (χ0v) is 11.6. The van der Waals surface area contributed by atoms with Gasteiger partial charge in [-0.1, -0.05) is 0 Å². The largest absolute Gasteiger partial charge is 0.481 e. The molecule has 2 saturated heterocycles. The van der Waals surface area contributed by atoms with Gasteiger partial charge in [0.25, 0.3) is 0 Å².